The Morgan fingerprint density at radius 1 is 0.279 bits per heavy atom. The number of para-hydroxylation sites is 8. The molecule has 4 heteroatoms. The van der Waals surface area contributed by atoms with E-state index in [0.717, 1.165) is 106 Å². The number of ether oxygens (including phenoxy) is 2. The Morgan fingerprint density at radius 3 is 1.26 bits per heavy atom. The van der Waals surface area contributed by atoms with Crippen molar-refractivity contribution < 1.29 is 9.47 Å². The molecule has 14 rings (SSSR count). The van der Waals surface area contributed by atoms with Gasteiger partial charge in [-0.1, -0.05) is 152 Å². The summed E-state index contributed by atoms with van der Waals surface area (Å²) in [6.07, 6.45) is 0. The Kier molecular flexibility index (Phi) is 8.40. The second-order valence-corrected chi connectivity index (χ2v) is 17.7. The minimum atomic E-state index is 0.821. The standard InChI is InChI=1S/C64H40N2O2/c1-40-47-20-5-6-21-48(47)49-33-30-43(37-52(40)49)42-18-15-19-44(36-42)64-51-35-32-45(65-55-22-7-11-26-59(55)67-60-27-12-8-23-56(60)65)38-53(51)63(41-16-3-2-4-17-41)50-34-31-46(39-54(50)64)66-57-24-9-13-28-61(57)68-62-29-14-10-25-58(62)66/h2-39H,1H2. The third-order valence-corrected chi connectivity index (χ3v) is 13.9. The van der Waals surface area contributed by atoms with Gasteiger partial charge in [-0.25, -0.2) is 0 Å². The molecule has 4 nitrogen and oxygen atoms in total. The van der Waals surface area contributed by atoms with Crippen molar-refractivity contribution in [3.05, 3.63) is 248 Å². The predicted molar refractivity (Wildman–Crippen MR) is 281 cm³/mol. The molecule has 11 aromatic rings. The molecule has 0 N–H and O–H groups in total. The van der Waals surface area contributed by atoms with Crippen molar-refractivity contribution in [1.82, 2.24) is 0 Å². The predicted octanol–water partition coefficient (Wildman–Crippen LogP) is 18.2. The van der Waals surface area contributed by atoms with Crippen LogP contribution in [0.3, 0.4) is 0 Å². The summed E-state index contributed by atoms with van der Waals surface area (Å²) in [6, 6.07) is 82.6. The Hall–Kier alpha value is -9.12. The molecular weight excluding hydrogens is 829 g/mol. The lowest BCUT2D eigenvalue weighted by atomic mass is 9.84. The first-order chi connectivity index (χ1) is 33.6. The van der Waals surface area contributed by atoms with Gasteiger partial charge in [-0.2, -0.15) is 0 Å². The molecule has 2 aliphatic heterocycles. The van der Waals surface area contributed by atoms with Gasteiger partial charge in [-0.15, -0.1) is 0 Å². The van der Waals surface area contributed by atoms with Crippen LogP contribution < -0.4 is 19.3 Å². The lowest BCUT2D eigenvalue weighted by molar-refractivity contribution is 0.477. The monoisotopic (exact) mass is 868 g/mol. The van der Waals surface area contributed by atoms with Crippen LogP contribution in [0.5, 0.6) is 23.0 Å². The minimum Gasteiger partial charge on any atom is -0.453 e. The lowest BCUT2D eigenvalue weighted by Crippen LogP contribution is -2.15. The van der Waals surface area contributed by atoms with Crippen LogP contribution in [-0.2, 0) is 0 Å². The SMILES string of the molecule is C=C1c2ccccc2-c2ccc(-c3cccc(-c4c5ccc(N6c7ccccc7Oc7ccccc76)cc5c(-c5ccccc5)c5ccc(N6c7ccccc7Oc7ccccc76)cc45)c3)cc21. The van der Waals surface area contributed by atoms with E-state index in [1.54, 1.807) is 0 Å². The number of benzene rings is 11. The molecule has 2 heterocycles. The number of anilines is 6. The Balaban J connectivity index is 1.04. The van der Waals surface area contributed by atoms with Gasteiger partial charge in [0.2, 0.25) is 0 Å². The highest BCUT2D eigenvalue weighted by molar-refractivity contribution is 6.23. The first kappa shape index (κ1) is 38.2. The molecule has 0 saturated heterocycles. The highest BCUT2D eigenvalue weighted by Gasteiger charge is 2.29. The summed E-state index contributed by atoms with van der Waals surface area (Å²) < 4.78 is 13.0. The molecule has 0 aromatic heterocycles. The maximum atomic E-state index is 6.50. The van der Waals surface area contributed by atoms with Gasteiger partial charge in [0.05, 0.1) is 22.7 Å². The lowest BCUT2D eigenvalue weighted by Gasteiger charge is -2.33. The second-order valence-electron chi connectivity index (χ2n) is 17.7. The third kappa shape index (κ3) is 5.81. The van der Waals surface area contributed by atoms with Crippen molar-refractivity contribution in [2.45, 2.75) is 0 Å². The Bertz CT molecular complexity index is 3820. The maximum absolute atomic E-state index is 6.50. The molecule has 0 unspecified atom stereocenters. The smallest absolute Gasteiger partial charge is 0.151 e. The van der Waals surface area contributed by atoms with Crippen molar-refractivity contribution in [3.63, 3.8) is 0 Å². The fraction of sp³-hybridized carbons (Fsp3) is 0. The summed E-state index contributed by atoms with van der Waals surface area (Å²) in [4.78, 5) is 4.68. The van der Waals surface area contributed by atoms with Gasteiger partial charge in [0.25, 0.3) is 0 Å². The molecule has 0 radical (unpaired) electrons. The summed E-state index contributed by atoms with van der Waals surface area (Å²) in [5, 5.41) is 4.63. The molecule has 68 heavy (non-hydrogen) atoms. The number of hydrogen-bond acceptors (Lipinski definition) is 4. The van der Waals surface area contributed by atoms with Gasteiger partial charge in [0, 0.05) is 11.4 Å². The number of rotatable bonds is 5. The van der Waals surface area contributed by atoms with Gasteiger partial charge < -0.3 is 19.3 Å². The molecule has 0 atom stereocenters. The van der Waals surface area contributed by atoms with Gasteiger partial charge >= 0.3 is 0 Å². The fourth-order valence-corrected chi connectivity index (χ4v) is 10.9. The zero-order valence-corrected chi connectivity index (χ0v) is 36.9. The summed E-state index contributed by atoms with van der Waals surface area (Å²) in [7, 11) is 0. The summed E-state index contributed by atoms with van der Waals surface area (Å²) in [6.45, 7) is 4.56. The van der Waals surface area contributed by atoms with Crippen LogP contribution in [0.2, 0.25) is 0 Å². The number of nitrogens with zero attached hydrogens (tertiary/aromatic N) is 2. The van der Waals surface area contributed by atoms with Gasteiger partial charge in [-0.3, -0.25) is 0 Å². The molecule has 0 spiro atoms. The van der Waals surface area contributed by atoms with Crippen LogP contribution in [0.25, 0.3) is 71.6 Å². The molecule has 3 aliphatic rings. The van der Waals surface area contributed by atoms with Crippen LogP contribution in [-0.4, -0.2) is 0 Å². The highest BCUT2D eigenvalue weighted by atomic mass is 16.5. The Labute approximate surface area is 394 Å². The molecular formula is C64H40N2O2. The van der Waals surface area contributed by atoms with Gasteiger partial charge in [0.15, 0.2) is 23.0 Å². The van der Waals surface area contributed by atoms with Crippen molar-refractivity contribution >= 4 is 61.2 Å². The number of hydrogen-bond donors (Lipinski definition) is 0. The molecule has 11 aromatic carbocycles. The van der Waals surface area contributed by atoms with E-state index in [4.69, 9.17) is 9.47 Å². The van der Waals surface area contributed by atoms with Crippen LogP contribution in [0.15, 0.2) is 237 Å². The molecule has 0 saturated carbocycles. The summed E-state index contributed by atoms with van der Waals surface area (Å²) in [5.74, 6) is 3.29. The van der Waals surface area contributed by atoms with Crippen molar-refractivity contribution in [2.75, 3.05) is 9.80 Å². The van der Waals surface area contributed by atoms with Gasteiger partial charge in [0.1, 0.15) is 0 Å². The van der Waals surface area contributed by atoms with E-state index in [2.05, 4.69) is 198 Å². The molecule has 0 amide bonds. The van der Waals surface area contributed by atoms with E-state index in [1.807, 2.05) is 48.5 Å². The third-order valence-electron chi connectivity index (χ3n) is 13.9. The fourth-order valence-electron chi connectivity index (χ4n) is 10.9. The molecule has 0 bridgehead atoms. The Morgan fingerprint density at radius 2 is 0.706 bits per heavy atom. The minimum absolute atomic E-state index is 0.821. The van der Waals surface area contributed by atoms with Crippen LogP contribution >= 0.6 is 0 Å². The van der Waals surface area contributed by atoms with E-state index in [9.17, 15) is 0 Å². The van der Waals surface area contributed by atoms with E-state index in [0.29, 0.717) is 0 Å². The normalized spacial score (nSPS) is 12.9. The molecule has 318 valence electrons. The quantitative estimate of drug-likeness (QED) is 0.161. The van der Waals surface area contributed by atoms with Crippen molar-refractivity contribution in [1.29, 1.82) is 0 Å². The first-order valence-electron chi connectivity index (χ1n) is 23.1. The molecule has 1 aliphatic carbocycles. The van der Waals surface area contributed by atoms with Gasteiger partial charge in [-0.05, 0) is 168 Å². The van der Waals surface area contributed by atoms with Crippen molar-refractivity contribution in [2.24, 2.45) is 0 Å². The van der Waals surface area contributed by atoms with E-state index in [1.165, 1.54) is 33.4 Å². The number of fused-ring (bicyclic) bond motifs is 9. The highest BCUT2D eigenvalue weighted by Crippen LogP contribution is 2.55. The zero-order valence-electron chi connectivity index (χ0n) is 36.9. The maximum Gasteiger partial charge on any atom is 0.151 e. The van der Waals surface area contributed by atoms with Crippen LogP contribution in [0, 0.1) is 0 Å². The molecule has 0 fully saturated rings. The van der Waals surface area contributed by atoms with E-state index in [-0.39, 0.29) is 0 Å². The summed E-state index contributed by atoms with van der Waals surface area (Å²) in [5.41, 5.74) is 19.0. The largest absolute Gasteiger partial charge is 0.453 e. The zero-order chi connectivity index (χ0) is 44.9. The average molecular weight is 869 g/mol. The first-order valence-corrected chi connectivity index (χ1v) is 23.1. The topological polar surface area (TPSA) is 24.9 Å². The van der Waals surface area contributed by atoms with Crippen LogP contribution in [0.4, 0.5) is 34.1 Å². The average Bonchev–Trinajstić information content (AvgIpc) is 3.68. The summed E-state index contributed by atoms with van der Waals surface area (Å²) >= 11 is 0. The van der Waals surface area contributed by atoms with Crippen molar-refractivity contribution in [3.8, 4) is 67.5 Å². The van der Waals surface area contributed by atoms with E-state index >= 15 is 0 Å². The van der Waals surface area contributed by atoms with Crippen LogP contribution in [0.1, 0.15) is 11.1 Å². The van der Waals surface area contributed by atoms with E-state index < -0.39 is 0 Å². The second kappa shape index (κ2) is 15.0.